The highest BCUT2D eigenvalue weighted by Crippen LogP contribution is 2.69. The third kappa shape index (κ3) is 3.93. The number of hydrogen-bond donors (Lipinski definition) is 1. The minimum Gasteiger partial charge on any atom is -0.409 e. The minimum atomic E-state index is -2.15. The molecule has 38 heavy (non-hydrogen) atoms. The molecule has 4 fully saturated rings. The fourth-order valence-electron chi connectivity index (χ4n) is 8.58. The van der Waals surface area contributed by atoms with Gasteiger partial charge in [0.1, 0.15) is 0 Å². The summed E-state index contributed by atoms with van der Waals surface area (Å²) in [7, 11) is -2.15. The Labute approximate surface area is 229 Å². The number of aliphatic hydroxyl groups excluding tert-OH is 1. The monoisotopic (exact) mass is 544 g/mol. The summed E-state index contributed by atoms with van der Waals surface area (Å²) in [5, 5.41) is 11.9. The van der Waals surface area contributed by atoms with Crippen LogP contribution in [0.1, 0.15) is 80.1 Å². The van der Waals surface area contributed by atoms with Crippen molar-refractivity contribution in [2.24, 2.45) is 28.6 Å². The Morgan fingerprint density at radius 3 is 2.63 bits per heavy atom. The van der Waals surface area contributed by atoms with Gasteiger partial charge in [0.15, 0.2) is 31.8 Å². The molecule has 1 heterocycles. The number of carbonyl (C=O) groups is 2. The molecule has 1 aliphatic heterocycles. The van der Waals surface area contributed by atoms with Gasteiger partial charge in [0.2, 0.25) is 0 Å². The Morgan fingerprint density at radius 1 is 1.26 bits per heavy atom. The zero-order valence-corrected chi connectivity index (χ0v) is 25.6. The van der Waals surface area contributed by atoms with Gasteiger partial charge in [-0.3, -0.25) is 9.59 Å². The van der Waals surface area contributed by atoms with E-state index in [1.807, 2.05) is 6.08 Å². The van der Waals surface area contributed by atoms with Crippen molar-refractivity contribution in [3.8, 4) is 0 Å². The summed E-state index contributed by atoms with van der Waals surface area (Å²) in [6, 6.07) is 0. The average molecular weight is 545 g/mol. The van der Waals surface area contributed by atoms with E-state index in [0.29, 0.717) is 6.42 Å². The fourth-order valence-corrected chi connectivity index (χ4v) is 9.50. The van der Waals surface area contributed by atoms with Gasteiger partial charge in [-0.1, -0.05) is 59.6 Å². The lowest BCUT2D eigenvalue weighted by molar-refractivity contribution is -0.200. The van der Waals surface area contributed by atoms with E-state index in [9.17, 15) is 14.7 Å². The van der Waals surface area contributed by atoms with E-state index in [2.05, 4.69) is 54.6 Å². The van der Waals surface area contributed by atoms with Crippen LogP contribution in [0.15, 0.2) is 23.8 Å². The summed E-state index contributed by atoms with van der Waals surface area (Å²) in [5.74, 6) is 0.427. The van der Waals surface area contributed by atoms with E-state index in [4.69, 9.17) is 13.9 Å². The number of carbonyl (C=O) groups excluding carboxylic acids is 2. The number of aliphatic hydroxyl groups is 1. The molecule has 1 unspecified atom stereocenters. The summed E-state index contributed by atoms with van der Waals surface area (Å²) in [6.07, 6.45) is 8.78. The lowest BCUT2D eigenvalue weighted by Crippen LogP contribution is -2.64. The van der Waals surface area contributed by atoms with Crippen molar-refractivity contribution in [2.75, 3.05) is 6.61 Å². The molecule has 0 amide bonds. The van der Waals surface area contributed by atoms with Gasteiger partial charge in [-0.2, -0.15) is 0 Å². The first-order valence-electron chi connectivity index (χ1n) is 14.7. The zero-order valence-electron chi connectivity index (χ0n) is 24.6. The van der Waals surface area contributed by atoms with Gasteiger partial charge in [-0.15, -0.1) is 0 Å². The molecule has 3 saturated carbocycles. The maximum Gasteiger partial charge on any atom is 0.192 e. The van der Waals surface area contributed by atoms with Gasteiger partial charge in [0.05, 0.1) is 18.8 Å². The second kappa shape index (κ2) is 9.20. The largest absolute Gasteiger partial charge is 0.409 e. The molecule has 0 aromatic heterocycles. The van der Waals surface area contributed by atoms with Crippen molar-refractivity contribution < 1.29 is 28.6 Å². The molecule has 4 aliphatic carbocycles. The van der Waals surface area contributed by atoms with Crippen LogP contribution < -0.4 is 0 Å². The van der Waals surface area contributed by atoms with Crippen molar-refractivity contribution in [3.63, 3.8) is 0 Å². The van der Waals surface area contributed by atoms with Crippen molar-refractivity contribution in [1.29, 1.82) is 0 Å². The van der Waals surface area contributed by atoms with Crippen LogP contribution in [0, 0.1) is 28.6 Å². The van der Waals surface area contributed by atoms with E-state index < -0.39 is 31.7 Å². The van der Waals surface area contributed by atoms with Gasteiger partial charge in [-0.05, 0) is 74.2 Å². The fraction of sp³-hybridized carbons (Fsp3) is 0.806. The highest BCUT2D eigenvalue weighted by atomic mass is 28.4. The van der Waals surface area contributed by atoms with E-state index in [-0.39, 0.29) is 52.5 Å². The van der Waals surface area contributed by atoms with Crippen LogP contribution in [0.25, 0.3) is 0 Å². The number of fused-ring (bicyclic) bond motifs is 7. The smallest absolute Gasteiger partial charge is 0.192 e. The Kier molecular flexibility index (Phi) is 6.88. The highest BCUT2D eigenvalue weighted by molar-refractivity contribution is 6.74. The first-order valence-corrected chi connectivity index (χ1v) is 17.6. The van der Waals surface area contributed by atoms with Crippen LogP contribution in [0.3, 0.4) is 0 Å². The lowest BCUT2D eigenvalue weighted by Gasteiger charge is -2.59. The molecule has 0 aromatic rings. The number of ketones is 2. The SMILES string of the molecule is CCCC1O[C@@H]2C[C@H]3[C@@H]4CCC5=CC(=O)C=C[C@]5(C)[C@H]4[C@@H](O)C[C@]3(C)[C@]2(C(=O)CO[Si](C)(C)C(C)(C)C)O1. The number of hydrogen-bond acceptors (Lipinski definition) is 6. The summed E-state index contributed by atoms with van der Waals surface area (Å²) in [5.41, 5.74) is -0.873. The topological polar surface area (TPSA) is 82.1 Å². The van der Waals surface area contributed by atoms with Gasteiger partial charge in [0, 0.05) is 16.7 Å². The van der Waals surface area contributed by atoms with Crippen LogP contribution in [0.4, 0.5) is 0 Å². The molecular formula is C31H48O6Si. The number of ether oxygens (including phenoxy) is 2. The van der Waals surface area contributed by atoms with Crippen LogP contribution in [0.5, 0.6) is 0 Å². The van der Waals surface area contributed by atoms with E-state index in [1.54, 1.807) is 12.2 Å². The van der Waals surface area contributed by atoms with Gasteiger partial charge < -0.3 is 19.0 Å². The number of rotatable bonds is 6. The predicted octanol–water partition coefficient (Wildman–Crippen LogP) is 5.75. The van der Waals surface area contributed by atoms with Crippen molar-refractivity contribution in [3.05, 3.63) is 23.8 Å². The highest BCUT2D eigenvalue weighted by Gasteiger charge is 2.75. The van der Waals surface area contributed by atoms with Crippen molar-refractivity contribution >= 4 is 19.9 Å². The molecule has 0 aromatic carbocycles. The molecule has 1 N–H and O–H groups in total. The maximum absolute atomic E-state index is 14.4. The Morgan fingerprint density at radius 2 is 1.97 bits per heavy atom. The maximum atomic E-state index is 14.4. The van der Waals surface area contributed by atoms with Crippen LogP contribution in [0.2, 0.25) is 18.1 Å². The molecule has 7 heteroatoms. The average Bonchev–Trinajstić information content (AvgIpc) is 3.29. The van der Waals surface area contributed by atoms with Crippen LogP contribution in [-0.2, 0) is 23.5 Å². The molecule has 9 atom stereocenters. The lowest BCUT2D eigenvalue weighted by atomic mass is 9.46. The zero-order chi connectivity index (χ0) is 27.9. The predicted molar refractivity (Wildman–Crippen MR) is 149 cm³/mol. The molecule has 6 nitrogen and oxygen atoms in total. The molecule has 0 bridgehead atoms. The second-order valence-electron chi connectivity index (χ2n) is 14.6. The number of allylic oxidation sites excluding steroid dienone is 4. The standard InChI is InChI=1S/C31H48O6Si/c1-9-10-26-36-25-16-22-21-12-11-19-15-20(32)13-14-29(19,5)27(21)23(33)17-30(22,6)31(25,37-26)24(34)18-35-38(7,8)28(2,3)4/h13-15,21-23,25-27,33H,9-12,16-18H2,1-8H3/t21-,22-,23-,25+,26?,27+,29-,30-,31+/m0/s1. The normalized spacial score (nSPS) is 44.2. The third-order valence-electron chi connectivity index (χ3n) is 11.6. The molecule has 1 saturated heterocycles. The van der Waals surface area contributed by atoms with Crippen molar-refractivity contribution in [2.45, 2.75) is 122 Å². The van der Waals surface area contributed by atoms with Crippen LogP contribution in [-0.4, -0.2) is 55.7 Å². The van der Waals surface area contributed by atoms with Crippen LogP contribution >= 0.6 is 0 Å². The van der Waals surface area contributed by atoms with Crippen molar-refractivity contribution in [1.82, 2.24) is 0 Å². The summed E-state index contributed by atoms with van der Waals surface area (Å²) in [6.45, 7) is 17.4. The summed E-state index contributed by atoms with van der Waals surface area (Å²) in [4.78, 5) is 26.5. The molecule has 0 spiro atoms. The first-order chi connectivity index (χ1) is 17.6. The van der Waals surface area contributed by atoms with E-state index in [1.165, 1.54) is 0 Å². The molecule has 5 rings (SSSR count). The second-order valence-corrected chi connectivity index (χ2v) is 19.4. The number of Topliss-reactive ketones (excluding diaryl/α,β-unsaturated/α-hetero) is 1. The molecule has 0 radical (unpaired) electrons. The van der Waals surface area contributed by atoms with E-state index in [0.717, 1.165) is 37.7 Å². The van der Waals surface area contributed by atoms with Gasteiger partial charge >= 0.3 is 0 Å². The molecular weight excluding hydrogens is 496 g/mol. The molecule has 5 aliphatic rings. The minimum absolute atomic E-state index is 0.00381. The summed E-state index contributed by atoms with van der Waals surface area (Å²) >= 11 is 0. The van der Waals surface area contributed by atoms with E-state index >= 15 is 0 Å². The Hall–Kier alpha value is -1.12. The van der Waals surface area contributed by atoms with Gasteiger partial charge in [0.25, 0.3) is 0 Å². The molecule has 212 valence electrons. The Balaban J connectivity index is 1.50. The summed E-state index contributed by atoms with van der Waals surface area (Å²) < 4.78 is 19.7. The van der Waals surface area contributed by atoms with Gasteiger partial charge in [-0.25, -0.2) is 0 Å². The third-order valence-corrected chi connectivity index (χ3v) is 16.1. The Bertz CT molecular complexity index is 1060. The quantitative estimate of drug-likeness (QED) is 0.429. The first kappa shape index (κ1) is 28.4.